The number of hydrogen-bond donors (Lipinski definition) is 3. The van der Waals surface area contributed by atoms with Crippen LogP contribution in [0.3, 0.4) is 0 Å². The van der Waals surface area contributed by atoms with E-state index in [1.54, 1.807) is 40.7 Å². The first-order chi connectivity index (χ1) is 13.9. The summed E-state index contributed by atoms with van der Waals surface area (Å²) in [5.41, 5.74) is -3.00. The maximum Gasteiger partial charge on any atom is 0.312 e. The van der Waals surface area contributed by atoms with Crippen LogP contribution in [0.15, 0.2) is 36.9 Å². The van der Waals surface area contributed by atoms with Crippen molar-refractivity contribution >= 4 is 17.6 Å². The number of piperidine rings is 1. The number of carboxylic acids is 2. The number of carbonyl (C=O) groups is 2. The maximum absolute atomic E-state index is 12.9. The fourth-order valence-electron chi connectivity index (χ4n) is 5.66. The van der Waals surface area contributed by atoms with Gasteiger partial charge in [-0.15, -0.1) is 6.58 Å². The van der Waals surface area contributed by atoms with E-state index < -0.39 is 57.5 Å². The van der Waals surface area contributed by atoms with Crippen LogP contribution in [-0.4, -0.2) is 39.2 Å². The van der Waals surface area contributed by atoms with E-state index in [1.807, 2.05) is 0 Å². The van der Waals surface area contributed by atoms with Crippen LogP contribution in [0.4, 0.5) is 5.69 Å². The van der Waals surface area contributed by atoms with E-state index in [4.69, 9.17) is 0 Å². The number of non-ortho nitro benzene ring substituents is 1. The van der Waals surface area contributed by atoms with Gasteiger partial charge < -0.3 is 15.5 Å². The summed E-state index contributed by atoms with van der Waals surface area (Å²) >= 11 is 0. The van der Waals surface area contributed by atoms with E-state index in [9.17, 15) is 29.9 Å². The van der Waals surface area contributed by atoms with Crippen LogP contribution in [-0.2, 0) is 9.59 Å². The molecule has 164 valence electrons. The van der Waals surface area contributed by atoms with Gasteiger partial charge >= 0.3 is 11.9 Å². The topological polar surface area (TPSA) is 130 Å². The Bertz CT molecular complexity index is 869. The van der Waals surface area contributed by atoms with Gasteiger partial charge in [-0.05, 0) is 31.2 Å². The Kier molecular flexibility index (Phi) is 6.42. The molecular weight excluding hydrogens is 388 g/mol. The third kappa shape index (κ3) is 3.10. The highest BCUT2D eigenvalue weighted by Gasteiger charge is 2.69. The van der Waals surface area contributed by atoms with Crippen LogP contribution in [0.25, 0.3) is 0 Å². The average molecular weight is 418 g/mol. The minimum absolute atomic E-state index is 0.208. The fraction of sp³-hybridized carbons (Fsp3) is 0.545. The number of carboxylic acid groups (broad SMARTS) is 2. The van der Waals surface area contributed by atoms with Gasteiger partial charge in [0.05, 0.1) is 15.8 Å². The van der Waals surface area contributed by atoms with Crippen LogP contribution in [0.1, 0.15) is 46.1 Å². The molecule has 1 aliphatic rings. The Labute approximate surface area is 176 Å². The van der Waals surface area contributed by atoms with Crippen LogP contribution in [0.2, 0.25) is 0 Å². The largest absolute Gasteiger partial charge is 0.481 e. The first-order valence-electron chi connectivity index (χ1n) is 9.99. The molecule has 2 rings (SSSR count). The molecule has 0 spiro atoms. The van der Waals surface area contributed by atoms with Crippen molar-refractivity contribution in [3.05, 3.63) is 52.6 Å². The molecule has 30 heavy (non-hydrogen) atoms. The molecule has 3 N–H and O–H groups in total. The monoisotopic (exact) mass is 418 g/mol. The van der Waals surface area contributed by atoms with Crippen molar-refractivity contribution in [2.75, 3.05) is 0 Å². The molecule has 1 aromatic carbocycles. The molecule has 1 heterocycles. The molecule has 8 nitrogen and oxygen atoms in total. The number of aliphatic carboxylic acids is 2. The lowest BCUT2D eigenvalue weighted by Gasteiger charge is -2.60. The lowest BCUT2D eigenvalue weighted by molar-refractivity contribution is -0.385. The van der Waals surface area contributed by atoms with Gasteiger partial charge in [0.1, 0.15) is 0 Å². The number of nitro groups is 1. The summed E-state index contributed by atoms with van der Waals surface area (Å²) in [7, 11) is 0. The normalized spacial score (nSPS) is 32.4. The molecule has 1 aliphatic heterocycles. The molecule has 0 saturated carbocycles. The Morgan fingerprint density at radius 3 is 2.13 bits per heavy atom. The Balaban J connectivity index is 3.05. The average Bonchev–Trinajstić information content (AvgIpc) is 2.66. The van der Waals surface area contributed by atoms with E-state index in [-0.39, 0.29) is 5.69 Å². The van der Waals surface area contributed by atoms with Gasteiger partial charge in [0.25, 0.3) is 5.69 Å². The molecule has 0 aromatic heterocycles. The zero-order valence-corrected chi connectivity index (χ0v) is 18.0. The number of nitrogens with zero attached hydrogens (tertiary/aromatic N) is 1. The van der Waals surface area contributed by atoms with E-state index in [2.05, 4.69) is 11.9 Å². The third-order valence-electron chi connectivity index (χ3n) is 7.11. The van der Waals surface area contributed by atoms with Gasteiger partial charge in [-0.3, -0.25) is 19.7 Å². The van der Waals surface area contributed by atoms with E-state index in [0.29, 0.717) is 5.56 Å². The predicted molar refractivity (Wildman–Crippen MR) is 112 cm³/mol. The second kappa shape index (κ2) is 8.18. The van der Waals surface area contributed by atoms with E-state index in [1.165, 1.54) is 24.3 Å². The van der Waals surface area contributed by atoms with E-state index in [0.717, 1.165) is 0 Å². The number of nitro benzene ring substituents is 1. The quantitative estimate of drug-likeness (QED) is 0.350. The molecule has 6 atom stereocenters. The first kappa shape index (κ1) is 23.5. The minimum atomic E-state index is -1.59. The SMILES string of the molecule is C=CC(C)C1(C(=O)O)C(C)NC(C)C(C(=O)O)(C(C)C)C1c1cccc([N+](=O)[O-])c1. The van der Waals surface area contributed by atoms with Crippen LogP contribution in [0.5, 0.6) is 0 Å². The molecule has 1 saturated heterocycles. The number of hydrogen-bond acceptors (Lipinski definition) is 5. The second-order valence-electron chi connectivity index (χ2n) is 8.55. The molecular formula is C22H30N2O6. The lowest BCUT2D eigenvalue weighted by Crippen LogP contribution is -2.72. The fourth-order valence-corrected chi connectivity index (χ4v) is 5.66. The third-order valence-corrected chi connectivity index (χ3v) is 7.11. The molecule has 0 amide bonds. The lowest BCUT2D eigenvalue weighted by atomic mass is 9.46. The summed E-state index contributed by atoms with van der Waals surface area (Å²) in [6.45, 7) is 12.4. The summed E-state index contributed by atoms with van der Waals surface area (Å²) in [4.78, 5) is 36.6. The molecule has 0 bridgehead atoms. The molecule has 1 fully saturated rings. The van der Waals surface area contributed by atoms with E-state index >= 15 is 0 Å². The van der Waals surface area contributed by atoms with Crippen LogP contribution >= 0.6 is 0 Å². The molecule has 6 unspecified atom stereocenters. The van der Waals surface area contributed by atoms with Gasteiger partial charge in [-0.25, -0.2) is 0 Å². The minimum Gasteiger partial charge on any atom is -0.481 e. The predicted octanol–water partition coefficient (Wildman–Crippen LogP) is 3.68. The van der Waals surface area contributed by atoms with Crippen molar-refractivity contribution in [3.63, 3.8) is 0 Å². The Morgan fingerprint density at radius 1 is 1.17 bits per heavy atom. The first-order valence-corrected chi connectivity index (χ1v) is 9.99. The number of nitrogens with one attached hydrogen (secondary N) is 1. The van der Waals surface area contributed by atoms with Gasteiger partial charge in [-0.1, -0.05) is 39.0 Å². The zero-order valence-electron chi connectivity index (χ0n) is 18.0. The highest BCUT2D eigenvalue weighted by atomic mass is 16.6. The summed E-state index contributed by atoms with van der Waals surface area (Å²) in [6.07, 6.45) is 1.51. The smallest absolute Gasteiger partial charge is 0.312 e. The molecule has 0 aliphatic carbocycles. The van der Waals surface area contributed by atoms with Crippen molar-refractivity contribution in [1.82, 2.24) is 5.32 Å². The van der Waals surface area contributed by atoms with Crippen LogP contribution in [0, 0.1) is 32.8 Å². The number of rotatable bonds is 7. The van der Waals surface area contributed by atoms with Crippen molar-refractivity contribution in [2.24, 2.45) is 22.7 Å². The van der Waals surface area contributed by atoms with Gasteiger partial charge in [0, 0.05) is 30.1 Å². The van der Waals surface area contributed by atoms with Crippen LogP contribution < -0.4 is 5.32 Å². The van der Waals surface area contributed by atoms with Gasteiger partial charge in [0.2, 0.25) is 0 Å². The maximum atomic E-state index is 12.9. The summed E-state index contributed by atoms with van der Waals surface area (Å²) < 4.78 is 0. The summed E-state index contributed by atoms with van der Waals surface area (Å²) in [6, 6.07) is 4.49. The van der Waals surface area contributed by atoms with Crippen molar-refractivity contribution in [1.29, 1.82) is 0 Å². The highest BCUT2D eigenvalue weighted by Crippen LogP contribution is 2.61. The number of allylic oxidation sites excluding steroid dienone is 1. The molecule has 8 heteroatoms. The number of benzene rings is 1. The molecule has 0 radical (unpaired) electrons. The van der Waals surface area contributed by atoms with Crippen molar-refractivity contribution in [2.45, 2.75) is 52.6 Å². The zero-order chi connectivity index (χ0) is 23.0. The Hall–Kier alpha value is -2.74. The standard InChI is InChI=1S/C22H30N2O6/c1-7-13(4)22(20(27)28)15(6)23-14(5)21(12(2)3,19(25)26)18(22)16-9-8-10-17(11-16)24(29)30/h7-15,18,23H,1H2,2-6H3,(H,25,26)(H,27,28). The van der Waals surface area contributed by atoms with Gasteiger partial charge in [0.15, 0.2) is 0 Å². The van der Waals surface area contributed by atoms with Gasteiger partial charge in [-0.2, -0.15) is 0 Å². The Morgan fingerprint density at radius 2 is 1.70 bits per heavy atom. The molecule has 1 aromatic rings. The van der Waals surface area contributed by atoms with Crippen molar-refractivity contribution in [3.8, 4) is 0 Å². The highest BCUT2D eigenvalue weighted by molar-refractivity contribution is 5.85. The van der Waals surface area contributed by atoms with Crippen molar-refractivity contribution < 1.29 is 24.7 Å². The second-order valence-corrected chi connectivity index (χ2v) is 8.55. The summed E-state index contributed by atoms with van der Waals surface area (Å²) in [5, 5.41) is 35.7. The summed E-state index contributed by atoms with van der Waals surface area (Å²) in [5.74, 6) is -4.43.